The van der Waals surface area contributed by atoms with Gasteiger partial charge in [-0.2, -0.15) is 0 Å². The second-order valence-corrected chi connectivity index (χ2v) is 5.64. The van der Waals surface area contributed by atoms with Crippen molar-refractivity contribution in [2.45, 2.75) is 4.90 Å². The van der Waals surface area contributed by atoms with Crippen LogP contribution in [0.1, 0.15) is 20.7 Å². The van der Waals surface area contributed by atoms with Crippen molar-refractivity contribution in [1.82, 2.24) is 0 Å². The van der Waals surface area contributed by atoms with Gasteiger partial charge < -0.3 is 4.74 Å². The number of rotatable bonds is 3. The van der Waals surface area contributed by atoms with Crippen molar-refractivity contribution in [3.8, 4) is 5.75 Å². The number of thioether (sulfide) groups is 1. The number of benzene rings is 2. The number of hydrogen-bond donors (Lipinski definition) is 0. The summed E-state index contributed by atoms with van der Waals surface area (Å²) in [7, 11) is 1.60. The smallest absolute Gasteiger partial charge is 0.200 e. The van der Waals surface area contributed by atoms with Crippen LogP contribution in [0.2, 0.25) is 0 Å². The number of ketones is 2. The number of methoxy groups -OCH3 is 1. The van der Waals surface area contributed by atoms with Crippen molar-refractivity contribution >= 4 is 23.3 Å². The van der Waals surface area contributed by atoms with Crippen LogP contribution in [0.15, 0.2) is 64.4 Å². The molecule has 0 saturated carbocycles. The molecular weight excluding hydrogens is 284 g/mol. The van der Waals surface area contributed by atoms with Gasteiger partial charge in [0.1, 0.15) is 5.75 Å². The lowest BCUT2D eigenvalue weighted by Crippen LogP contribution is -2.15. The second-order valence-electron chi connectivity index (χ2n) is 4.53. The van der Waals surface area contributed by atoms with Crippen molar-refractivity contribution in [2.24, 2.45) is 0 Å². The predicted molar refractivity (Wildman–Crippen MR) is 82.0 cm³/mol. The Balaban J connectivity index is 1.89. The molecule has 104 valence electrons. The van der Waals surface area contributed by atoms with Gasteiger partial charge in [0, 0.05) is 22.1 Å². The quantitative estimate of drug-likeness (QED) is 0.865. The first-order valence-electron chi connectivity index (χ1n) is 6.40. The maximum Gasteiger partial charge on any atom is 0.200 e. The van der Waals surface area contributed by atoms with Gasteiger partial charge in [0.2, 0.25) is 5.78 Å². The van der Waals surface area contributed by atoms with E-state index < -0.39 is 0 Å². The molecule has 1 aliphatic carbocycles. The minimum Gasteiger partial charge on any atom is -0.497 e. The SMILES string of the molecule is COc1ccc(SC2=CC(=O)c3ccccc3C2=O)cc1. The van der Waals surface area contributed by atoms with E-state index in [4.69, 9.17) is 4.74 Å². The van der Waals surface area contributed by atoms with Gasteiger partial charge in [0.05, 0.1) is 12.0 Å². The highest BCUT2D eigenvalue weighted by Crippen LogP contribution is 2.34. The summed E-state index contributed by atoms with van der Waals surface area (Å²) in [4.78, 5) is 25.8. The van der Waals surface area contributed by atoms with Crippen LogP contribution in [-0.4, -0.2) is 18.7 Å². The molecule has 2 aromatic carbocycles. The Kier molecular flexibility index (Phi) is 3.62. The zero-order valence-electron chi connectivity index (χ0n) is 11.3. The van der Waals surface area contributed by atoms with Crippen molar-refractivity contribution in [3.05, 3.63) is 70.6 Å². The molecule has 0 atom stereocenters. The molecule has 0 amide bonds. The average Bonchev–Trinajstić information content (AvgIpc) is 2.53. The summed E-state index contributed by atoms with van der Waals surface area (Å²) in [5.74, 6) is 0.525. The first-order valence-corrected chi connectivity index (χ1v) is 7.22. The largest absolute Gasteiger partial charge is 0.497 e. The molecule has 0 aliphatic heterocycles. The Morgan fingerprint density at radius 3 is 2.24 bits per heavy atom. The van der Waals surface area contributed by atoms with E-state index in [1.807, 2.05) is 24.3 Å². The lowest BCUT2D eigenvalue weighted by atomic mass is 9.95. The van der Waals surface area contributed by atoms with E-state index >= 15 is 0 Å². The lowest BCUT2D eigenvalue weighted by Gasteiger charge is -2.14. The zero-order chi connectivity index (χ0) is 14.8. The highest BCUT2D eigenvalue weighted by molar-refractivity contribution is 8.04. The molecule has 0 bridgehead atoms. The Morgan fingerprint density at radius 2 is 1.57 bits per heavy atom. The maximum atomic E-state index is 12.4. The predicted octanol–water partition coefficient (Wildman–Crippen LogP) is 3.75. The third kappa shape index (κ3) is 2.62. The molecule has 0 heterocycles. The molecule has 4 heteroatoms. The van der Waals surface area contributed by atoms with E-state index in [0.29, 0.717) is 16.0 Å². The Morgan fingerprint density at radius 1 is 0.905 bits per heavy atom. The number of carbonyl (C=O) groups is 2. The monoisotopic (exact) mass is 296 g/mol. The molecule has 2 aromatic rings. The average molecular weight is 296 g/mol. The topological polar surface area (TPSA) is 43.4 Å². The summed E-state index contributed by atoms with van der Waals surface area (Å²) >= 11 is 1.29. The van der Waals surface area contributed by atoms with E-state index in [9.17, 15) is 9.59 Å². The van der Waals surface area contributed by atoms with E-state index in [0.717, 1.165) is 10.6 Å². The number of Topliss-reactive ketones (excluding diaryl/α,β-unsaturated/α-hetero) is 1. The van der Waals surface area contributed by atoms with Crippen LogP contribution in [0.5, 0.6) is 5.75 Å². The second kappa shape index (κ2) is 5.58. The standard InChI is InChI=1S/C17H12O3S/c1-20-11-6-8-12(9-7-11)21-16-10-15(18)13-4-2-3-5-14(13)17(16)19/h2-10H,1H3. The molecular formula is C17H12O3S. The number of ether oxygens (including phenoxy) is 1. The molecule has 1 aliphatic rings. The van der Waals surface area contributed by atoms with E-state index in [-0.39, 0.29) is 11.6 Å². The molecule has 0 saturated heterocycles. The van der Waals surface area contributed by atoms with Crippen LogP contribution < -0.4 is 4.74 Å². The summed E-state index contributed by atoms with van der Waals surface area (Å²) < 4.78 is 5.10. The van der Waals surface area contributed by atoms with Gasteiger partial charge in [0.15, 0.2) is 5.78 Å². The summed E-state index contributed by atoms with van der Waals surface area (Å²) in [6.07, 6.45) is 1.42. The van der Waals surface area contributed by atoms with Crippen molar-refractivity contribution in [2.75, 3.05) is 7.11 Å². The van der Waals surface area contributed by atoms with Gasteiger partial charge in [-0.15, -0.1) is 0 Å². The molecule has 0 fully saturated rings. The lowest BCUT2D eigenvalue weighted by molar-refractivity contribution is 0.0991. The summed E-state index contributed by atoms with van der Waals surface area (Å²) in [5.41, 5.74) is 0.947. The number of fused-ring (bicyclic) bond motifs is 1. The number of allylic oxidation sites excluding steroid dienone is 2. The van der Waals surface area contributed by atoms with Crippen LogP contribution in [0.3, 0.4) is 0 Å². The van der Waals surface area contributed by atoms with Crippen molar-refractivity contribution in [3.63, 3.8) is 0 Å². The first-order chi connectivity index (χ1) is 10.2. The molecule has 21 heavy (non-hydrogen) atoms. The van der Waals surface area contributed by atoms with Crippen LogP contribution in [-0.2, 0) is 0 Å². The molecule has 3 rings (SSSR count). The highest BCUT2D eigenvalue weighted by atomic mass is 32.2. The molecule has 0 spiro atoms. The highest BCUT2D eigenvalue weighted by Gasteiger charge is 2.25. The molecule has 0 unspecified atom stereocenters. The third-order valence-corrected chi connectivity index (χ3v) is 4.24. The minimum atomic E-state index is -0.124. The summed E-state index contributed by atoms with van der Waals surface area (Å²) in [5, 5.41) is 0. The van der Waals surface area contributed by atoms with E-state index in [2.05, 4.69) is 0 Å². The third-order valence-electron chi connectivity index (χ3n) is 3.21. The normalized spacial score (nSPS) is 13.7. The van der Waals surface area contributed by atoms with E-state index in [1.165, 1.54) is 17.8 Å². The van der Waals surface area contributed by atoms with Gasteiger partial charge in [0.25, 0.3) is 0 Å². The summed E-state index contributed by atoms with van der Waals surface area (Å²) in [6.45, 7) is 0. The fourth-order valence-corrected chi connectivity index (χ4v) is 3.03. The molecule has 0 N–H and O–H groups in total. The van der Waals surface area contributed by atoms with Gasteiger partial charge >= 0.3 is 0 Å². The number of carbonyl (C=O) groups excluding carboxylic acids is 2. The molecule has 0 aromatic heterocycles. The van der Waals surface area contributed by atoms with Crippen LogP contribution >= 0.6 is 11.8 Å². The van der Waals surface area contributed by atoms with Gasteiger partial charge in [-0.3, -0.25) is 9.59 Å². The summed E-state index contributed by atoms with van der Waals surface area (Å²) in [6, 6.07) is 14.3. The van der Waals surface area contributed by atoms with E-state index in [1.54, 1.807) is 31.4 Å². The minimum absolute atomic E-state index is 0.106. The maximum absolute atomic E-state index is 12.4. The Labute approximate surface area is 126 Å². The van der Waals surface area contributed by atoms with Crippen molar-refractivity contribution in [1.29, 1.82) is 0 Å². The van der Waals surface area contributed by atoms with Crippen LogP contribution in [0, 0.1) is 0 Å². The van der Waals surface area contributed by atoms with Gasteiger partial charge in [-0.1, -0.05) is 36.0 Å². The van der Waals surface area contributed by atoms with Gasteiger partial charge in [-0.05, 0) is 24.3 Å². The van der Waals surface area contributed by atoms with Crippen LogP contribution in [0.25, 0.3) is 0 Å². The van der Waals surface area contributed by atoms with Crippen LogP contribution in [0.4, 0.5) is 0 Å². The first kappa shape index (κ1) is 13.6. The Bertz CT molecular complexity index is 745. The van der Waals surface area contributed by atoms with Gasteiger partial charge in [-0.25, -0.2) is 0 Å². The fraction of sp³-hybridized carbons (Fsp3) is 0.0588. The zero-order valence-corrected chi connectivity index (χ0v) is 12.1. The number of hydrogen-bond acceptors (Lipinski definition) is 4. The molecule has 0 radical (unpaired) electrons. The van der Waals surface area contributed by atoms with Crippen molar-refractivity contribution < 1.29 is 14.3 Å². The Hall–Kier alpha value is -2.33. The molecule has 3 nitrogen and oxygen atoms in total. The fourth-order valence-electron chi connectivity index (χ4n) is 2.14.